The molecular weight excluding hydrogens is 734 g/mol. The Labute approximate surface area is 353 Å². The Kier molecular flexibility index (Phi) is 41.0. The maximum Gasteiger partial charge on any atom is 0.306 e. The van der Waals surface area contributed by atoms with Gasteiger partial charge in [0.05, 0.1) is 34.4 Å². The molecule has 0 saturated heterocycles. The van der Waals surface area contributed by atoms with Crippen LogP contribution in [-0.4, -0.2) is 70.7 Å². The van der Waals surface area contributed by atoms with Crippen molar-refractivity contribution in [2.45, 2.75) is 225 Å². The van der Waals surface area contributed by atoms with Crippen LogP contribution in [0.15, 0.2) is 24.3 Å². The number of likely N-dealkylation sites (N-methyl/N-ethyl adjacent to an activating group) is 1. The number of nitrogens with zero attached hydrogens (tertiary/aromatic N) is 1. The molecule has 0 spiro atoms. The number of carbonyl (C=O) groups excluding carboxylic acids is 1. The van der Waals surface area contributed by atoms with Crippen LogP contribution in [0, 0.1) is 0 Å². The van der Waals surface area contributed by atoms with Crippen LogP contribution < -0.4 is 4.89 Å². The topological polar surface area (TPSA) is 94.1 Å². The van der Waals surface area contributed by atoms with Crippen LogP contribution in [0.3, 0.4) is 0 Å². The van der Waals surface area contributed by atoms with Crippen LogP contribution >= 0.6 is 7.82 Å². The van der Waals surface area contributed by atoms with E-state index in [1.54, 1.807) is 0 Å². The highest BCUT2D eigenvalue weighted by molar-refractivity contribution is 7.45. The number of phosphoric ester groups is 1. The smallest absolute Gasteiger partial charge is 0.306 e. The summed E-state index contributed by atoms with van der Waals surface area (Å²) < 4.78 is 34.7. The third-order valence-corrected chi connectivity index (χ3v) is 11.5. The first-order valence-corrected chi connectivity index (χ1v) is 25.5. The predicted octanol–water partition coefficient (Wildman–Crippen LogP) is 13.8. The van der Waals surface area contributed by atoms with Gasteiger partial charge in [-0.25, -0.2) is 0 Å². The molecule has 0 amide bonds. The Morgan fingerprint density at radius 3 is 1.47 bits per heavy atom. The lowest BCUT2D eigenvalue weighted by molar-refractivity contribution is -0.870. The van der Waals surface area contributed by atoms with Crippen molar-refractivity contribution in [3.8, 4) is 0 Å². The molecule has 2 unspecified atom stereocenters. The van der Waals surface area contributed by atoms with Gasteiger partial charge in [0, 0.05) is 13.0 Å². The fourth-order valence-electron chi connectivity index (χ4n) is 6.74. The minimum atomic E-state index is -4.53. The van der Waals surface area contributed by atoms with Crippen LogP contribution in [0.2, 0.25) is 0 Å². The molecule has 0 bridgehead atoms. The molecule has 9 heteroatoms. The van der Waals surface area contributed by atoms with E-state index in [1.165, 1.54) is 148 Å². The molecule has 2 atom stereocenters. The predicted molar refractivity (Wildman–Crippen MR) is 240 cm³/mol. The van der Waals surface area contributed by atoms with Gasteiger partial charge >= 0.3 is 5.97 Å². The Balaban J connectivity index is 4.15. The monoisotopic (exact) mass is 828 g/mol. The zero-order valence-electron chi connectivity index (χ0n) is 38.3. The van der Waals surface area contributed by atoms with Gasteiger partial charge in [-0.15, -0.1) is 0 Å². The number of hydrogen-bond acceptors (Lipinski definition) is 7. The number of allylic oxidation sites excluding steroid dienone is 4. The van der Waals surface area contributed by atoms with Gasteiger partial charge in [0.25, 0.3) is 7.82 Å². The highest BCUT2D eigenvalue weighted by Gasteiger charge is 2.20. The number of ether oxygens (including phenoxy) is 2. The molecule has 0 aromatic rings. The maximum absolute atomic E-state index is 12.7. The largest absolute Gasteiger partial charge is 0.756 e. The van der Waals surface area contributed by atoms with Gasteiger partial charge in [-0.05, 0) is 38.5 Å². The van der Waals surface area contributed by atoms with Crippen LogP contribution in [0.4, 0.5) is 0 Å². The average Bonchev–Trinajstić information content (AvgIpc) is 3.16. The Hall–Kier alpha value is -1.02. The van der Waals surface area contributed by atoms with Crippen molar-refractivity contribution >= 4 is 13.8 Å². The molecule has 0 rings (SSSR count). The van der Waals surface area contributed by atoms with Gasteiger partial charge in [-0.3, -0.25) is 9.36 Å². The van der Waals surface area contributed by atoms with Crippen molar-refractivity contribution < 1.29 is 37.3 Å². The first-order valence-electron chi connectivity index (χ1n) is 24.1. The second-order valence-electron chi connectivity index (χ2n) is 17.5. The average molecular weight is 828 g/mol. The van der Waals surface area contributed by atoms with Crippen molar-refractivity contribution in [1.29, 1.82) is 0 Å². The zero-order valence-corrected chi connectivity index (χ0v) is 39.2. The van der Waals surface area contributed by atoms with Crippen molar-refractivity contribution in [3.63, 3.8) is 0 Å². The van der Waals surface area contributed by atoms with Gasteiger partial charge in [-0.2, -0.15) is 0 Å². The summed E-state index contributed by atoms with van der Waals surface area (Å²) in [6.45, 7) is 5.39. The second kappa shape index (κ2) is 41.7. The van der Waals surface area contributed by atoms with E-state index in [4.69, 9.17) is 18.5 Å². The van der Waals surface area contributed by atoms with Crippen LogP contribution in [0.1, 0.15) is 219 Å². The van der Waals surface area contributed by atoms with Gasteiger partial charge < -0.3 is 27.9 Å². The molecule has 338 valence electrons. The van der Waals surface area contributed by atoms with E-state index in [-0.39, 0.29) is 25.8 Å². The van der Waals surface area contributed by atoms with Gasteiger partial charge in [0.1, 0.15) is 19.3 Å². The molecule has 0 radical (unpaired) electrons. The van der Waals surface area contributed by atoms with Gasteiger partial charge in [-0.1, -0.05) is 199 Å². The SMILES string of the molecule is CCCC/C=C\C/C=C\CCCCCCCCOCC(COP(=O)([O-])OCC[N+](C)(C)C)OC(=O)CCCCCCCCCCCCCCCCCCCCCC. The Morgan fingerprint density at radius 2 is 0.982 bits per heavy atom. The summed E-state index contributed by atoms with van der Waals surface area (Å²) in [5, 5.41) is 0. The Bertz CT molecular complexity index is 967. The van der Waals surface area contributed by atoms with E-state index in [9.17, 15) is 14.3 Å². The van der Waals surface area contributed by atoms with Crippen molar-refractivity contribution in [1.82, 2.24) is 0 Å². The number of carbonyl (C=O) groups is 1. The molecule has 0 aliphatic heterocycles. The summed E-state index contributed by atoms with van der Waals surface area (Å²) in [6, 6.07) is 0. The second-order valence-corrected chi connectivity index (χ2v) is 18.9. The van der Waals surface area contributed by atoms with E-state index in [2.05, 4.69) is 38.2 Å². The summed E-state index contributed by atoms with van der Waals surface area (Å²) in [6.07, 6.45) is 47.6. The lowest BCUT2D eigenvalue weighted by Gasteiger charge is -2.28. The number of esters is 1. The fraction of sp³-hybridized carbons (Fsp3) is 0.896. The highest BCUT2D eigenvalue weighted by atomic mass is 31.2. The molecule has 8 nitrogen and oxygen atoms in total. The summed E-state index contributed by atoms with van der Waals surface area (Å²) in [4.78, 5) is 25.1. The third-order valence-electron chi connectivity index (χ3n) is 10.5. The molecule has 0 fully saturated rings. The lowest BCUT2D eigenvalue weighted by Crippen LogP contribution is -2.37. The van der Waals surface area contributed by atoms with Crippen LogP contribution in [0.25, 0.3) is 0 Å². The number of rotatable bonds is 45. The molecule has 0 aliphatic carbocycles. The number of hydrogen-bond donors (Lipinski definition) is 0. The summed E-state index contributed by atoms with van der Waals surface area (Å²) >= 11 is 0. The quantitative estimate of drug-likeness (QED) is 0.0198. The first kappa shape index (κ1) is 56.0. The third kappa shape index (κ3) is 45.9. The Morgan fingerprint density at radius 1 is 0.544 bits per heavy atom. The minimum absolute atomic E-state index is 0.0260. The molecule has 0 heterocycles. The van der Waals surface area contributed by atoms with Gasteiger partial charge in [0.15, 0.2) is 0 Å². The first-order chi connectivity index (χ1) is 27.6. The van der Waals surface area contributed by atoms with E-state index in [1.807, 2.05) is 21.1 Å². The number of unbranched alkanes of at least 4 members (excludes halogenated alkanes) is 27. The highest BCUT2D eigenvalue weighted by Crippen LogP contribution is 2.38. The number of quaternary nitrogens is 1. The van der Waals surface area contributed by atoms with Crippen LogP contribution in [-0.2, 0) is 27.9 Å². The summed E-state index contributed by atoms with van der Waals surface area (Å²) in [5.74, 6) is -0.334. The summed E-state index contributed by atoms with van der Waals surface area (Å²) in [7, 11) is 1.36. The minimum Gasteiger partial charge on any atom is -0.756 e. The molecule has 0 aromatic carbocycles. The van der Waals surface area contributed by atoms with Crippen molar-refractivity contribution in [3.05, 3.63) is 24.3 Å². The molecule has 57 heavy (non-hydrogen) atoms. The molecule has 0 aromatic heterocycles. The molecule has 0 aliphatic rings. The van der Waals surface area contributed by atoms with Crippen LogP contribution in [0.5, 0.6) is 0 Å². The lowest BCUT2D eigenvalue weighted by atomic mass is 10.0. The molecule has 0 N–H and O–H groups in total. The van der Waals surface area contributed by atoms with Crippen molar-refractivity contribution in [2.24, 2.45) is 0 Å². The van der Waals surface area contributed by atoms with Crippen molar-refractivity contribution in [2.75, 3.05) is 54.1 Å². The molecule has 0 saturated carbocycles. The zero-order chi connectivity index (χ0) is 42.0. The number of phosphoric acid groups is 1. The molecular formula is C48H94NO7P. The van der Waals surface area contributed by atoms with E-state index < -0.39 is 13.9 Å². The summed E-state index contributed by atoms with van der Waals surface area (Å²) in [5.41, 5.74) is 0. The standard InChI is InChI=1S/C48H94NO7P/c1-6-8-10-12-14-16-18-20-22-23-24-25-26-27-29-31-33-35-37-39-41-48(50)56-47(46-55-57(51,52)54-44-42-49(3,4)5)45-53-43-40-38-36-34-32-30-28-21-19-17-15-13-11-9-7-2/h13,15,19,21,47H,6-12,14,16-18,20,22-46H2,1-5H3/b15-13-,21-19-. The van der Waals surface area contributed by atoms with E-state index >= 15 is 0 Å². The van der Waals surface area contributed by atoms with E-state index in [0.717, 1.165) is 51.4 Å². The van der Waals surface area contributed by atoms with E-state index in [0.29, 0.717) is 24.1 Å². The van der Waals surface area contributed by atoms with Gasteiger partial charge in [0.2, 0.25) is 0 Å². The maximum atomic E-state index is 12.7. The fourth-order valence-corrected chi connectivity index (χ4v) is 7.47. The normalized spacial score (nSPS) is 13.9.